The van der Waals surface area contributed by atoms with Crippen LogP contribution in [-0.2, 0) is 9.59 Å². The van der Waals surface area contributed by atoms with E-state index in [9.17, 15) is 14.7 Å². The fraction of sp³-hybridized carbons (Fsp3) is 0.231. The average Bonchev–Trinajstić information content (AvgIpc) is 2.73. The Morgan fingerprint density at radius 2 is 1.45 bits per heavy atom. The molecule has 1 amide bonds. The highest BCUT2D eigenvalue weighted by molar-refractivity contribution is 5.94. The Morgan fingerprint density at radius 3 is 2.06 bits per heavy atom. The first-order chi connectivity index (χ1) is 14.8. The maximum Gasteiger partial charge on any atom is 0.311 e. The molecule has 0 saturated heterocycles. The van der Waals surface area contributed by atoms with Crippen LogP contribution in [0.5, 0.6) is 5.75 Å². The van der Waals surface area contributed by atoms with Crippen molar-refractivity contribution in [2.45, 2.75) is 26.7 Å². The summed E-state index contributed by atoms with van der Waals surface area (Å²) in [5.74, 6) is -1.45. The average molecular weight is 418 g/mol. The number of hydrogen-bond acceptors (Lipinski definition) is 3. The van der Waals surface area contributed by atoms with Crippen molar-refractivity contribution in [3.63, 3.8) is 0 Å². The normalized spacial score (nSPS) is 12.1. The van der Waals surface area contributed by atoms with Gasteiger partial charge in [-0.25, -0.2) is 0 Å². The number of ether oxygens (including phenoxy) is 1. The van der Waals surface area contributed by atoms with Crippen LogP contribution in [0, 0.1) is 5.41 Å². The second-order valence-corrected chi connectivity index (χ2v) is 8.45. The summed E-state index contributed by atoms with van der Waals surface area (Å²) < 4.78 is 5.62. The van der Waals surface area contributed by atoms with Gasteiger partial charge < -0.3 is 15.2 Å². The fourth-order valence-electron chi connectivity index (χ4n) is 3.54. The molecule has 0 aliphatic carbocycles. The second kappa shape index (κ2) is 9.47. The lowest BCUT2D eigenvalue weighted by Gasteiger charge is -2.29. The Kier molecular flexibility index (Phi) is 6.75. The maximum atomic E-state index is 12.5. The minimum Gasteiger partial charge on any atom is -0.484 e. The number of aliphatic carboxylic acids is 1. The van der Waals surface area contributed by atoms with Crippen LogP contribution >= 0.6 is 0 Å². The van der Waals surface area contributed by atoms with Crippen LogP contribution in [0.1, 0.15) is 32.3 Å². The molecule has 5 nitrogen and oxygen atoms in total. The van der Waals surface area contributed by atoms with Crippen LogP contribution in [0.3, 0.4) is 0 Å². The van der Waals surface area contributed by atoms with Crippen LogP contribution in [0.4, 0.5) is 5.69 Å². The zero-order chi connectivity index (χ0) is 22.4. The number of rotatable bonds is 7. The molecule has 0 spiro atoms. The first-order valence-corrected chi connectivity index (χ1v) is 10.2. The molecule has 5 heteroatoms. The molecule has 1 atom stereocenters. The molecular weight excluding hydrogens is 390 g/mol. The van der Waals surface area contributed by atoms with Gasteiger partial charge in [0.15, 0.2) is 6.61 Å². The monoisotopic (exact) mass is 417 g/mol. The molecule has 0 aliphatic heterocycles. The van der Waals surface area contributed by atoms with Gasteiger partial charge in [-0.1, -0.05) is 81.4 Å². The van der Waals surface area contributed by atoms with Gasteiger partial charge in [0.25, 0.3) is 5.91 Å². The highest BCUT2D eigenvalue weighted by Crippen LogP contribution is 2.38. The van der Waals surface area contributed by atoms with Gasteiger partial charge in [-0.2, -0.15) is 0 Å². The predicted molar refractivity (Wildman–Crippen MR) is 122 cm³/mol. The molecule has 1 unspecified atom stereocenters. The lowest BCUT2D eigenvalue weighted by Crippen LogP contribution is -2.28. The van der Waals surface area contributed by atoms with Crippen LogP contribution in [0.2, 0.25) is 0 Å². The number of para-hydroxylation sites is 1. The van der Waals surface area contributed by atoms with Gasteiger partial charge >= 0.3 is 5.97 Å². The summed E-state index contributed by atoms with van der Waals surface area (Å²) in [6.45, 7) is 5.43. The number of anilines is 1. The molecule has 3 aromatic carbocycles. The summed E-state index contributed by atoms with van der Waals surface area (Å²) in [4.78, 5) is 24.4. The molecule has 3 rings (SSSR count). The number of carbonyl (C=O) groups excluding carboxylic acids is 1. The van der Waals surface area contributed by atoms with Gasteiger partial charge in [0.1, 0.15) is 5.75 Å². The standard InChI is InChI=1S/C26H27NO4/c1-26(2,3)24(25(29)30)21-11-7-8-12-22(21)27-23(28)17-31-20-15-13-19(14-16-20)18-9-5-4-6-10-18/h4-16,24H,17H2,1-3H3,(H,27,28)(H,29,30). The third-order valence-corrected chi connectivity index (χ3v) is 4.99. The quantitative estimate of drug-likeness (QED) is 0.526. The maximum absolute atomic E-state index is 12.5. The molecule has 0 aromatic heterocycles. The number of carbonyl (C=O) groups is 2. The lowest BCUT2D eigenvalue weighted by molar-refractivity contribution is -0.141. The fourth-order valence-corrected chi connectivity index (χ4v) is 3.54. The summed E-state index contributed by atoms with van der Waals surface area (Å²) in [6, 6.07) is 24.5. The molecule has 160 valence electrons. The molecular formula is C26H27NO4. The highest BCUT2D eigenvalue weighted by Gasteiger charge is 2.34. The number of carboxylic acid groups (broad SMARTS) is 1. The number of nitrogens with one attached hydrogen (secondary N) is 1. The van der Waals surface area contributed by atoms with E-state index in [1.54, 1.807) is 24.3 Å². The first-order valence-electron chi connectivity index (χ1n) is 10.2. The molecule has 2 N–H and O–H groups in total. The minimum absolute atomic E-state index is 0.174. The largest absolute Gasteiger partial charge is 0.484 e. The van der Waals surface area contributed by atoms with E-state index in [-0.39, 0.29) is 12.5 Å². The Balaban J connectivity index is 1.66. The van der Waals surface area contributed by atoms with Crippen molar-refractivity contribution in [3.05, 3.63) is 84.4 Å². The highest BCUT2D eigenvalue weighted by atomic mass is 16.5. The van der Waals surface area contributed by atoms with Crippen LogP contribution in [0.25, 0.3) is 11.1 Å². The molecule has 0 saturated carbocycles. The summed E-state index contributed by atoms with van der Waals surface area (Å²) in [5.41, 5.74) is 2.72. The topological polar surface area (TPSA) is 75.6 Å². The van der Waals surface area contributed by atoms with Crippen molar-refractivity contribution in [3.8, 4) is 16.9 Å². The smallest absolute Gasteiger partial charge is 0.311 e. The van der Waals surface area contributed by atoms with Crippen LogP contribution < -0.4 is 10.1 Å². The molecule has 0 radical (unpaired) electrons. The minimum atomic E-state index is -0.927. The molecule has 0 fully saturated rings. The Labute approximate surface area is 182 Å². The van der Waals surface area contributed by atoms with E-state index in [1.165, 1.54) is 0 Å². The molecule has 0 bridgehead atoms. The van der Waals surface area contributed by atoms with Crippen LogP contribution in [-0.4, -0.2) is 23.6 Å². The van der Waals surface area contributed by atoms with E-state index in [0.29, 0.717) is 17.0 Å². The number of carboxylic acids is 1. The van der Waals surface area contributed by atoms with Gasteiger partial charge in [0, 0.05) is 5.69 Å². The first kappa shape index (κ1) is 22.1. The Bertz CT molecular complexity index is 1040. The summed E-state index contributed by atoms with van der Waals surface area (Å²) >= 11 is 0. The van der Waals surface area contributed by atoms with Crippen molar-refractivity contribution in [2.75, 3.05) is 11.9 Å². The predicted octanol–water partition coefficient (Wildman–Crippen LogP) is 5.59. The molecule has 0 heterocycles. The molecule has 3 aromatic rings. The van der Waals surface area contributed by atoms with Crippen molar-refractivity contribution >= 4 is 17.6 Å². The third kappa shape index (κ3) is 5.72. The lowest BCUT2D eigenvalue weighted by atomic mass is 9.76. The van der Waals surface area contributed by atoms with Crippen molar-refractivity contribution in [1.82, 2.24) is 0 Å². The van der Waals surface area contributed by atoms with E-state index in [1.807, 2.05) is 75.4 Å². The van der Waals surface area contributed by atoms with Gasteiger partial charge in [0.05, 0.1) is 5.92 Å². The number of amides is 1. The molecule has 31 heavy (non-hydrogen) atoms. The van der Waals surface area contributed by atoms with E-state index < -0.39 is 17.3 Å². The number of benzene rings is 3. The van der Waals surface area contributed by atoms with Gasteiger partial charge in [0.2, 0.25) is 0 Å². The van der Waals surface area contributed by atoms with E-state index >= 15 is 0 Å². The van der Waals surface area contributed by atoms with E-state index in [4.69, 9.17) is 4.74 Å². The van der Waals surface area contributed by atoms with Gasteiger partial charge in [-0.15, -0.1) is 0 Å². The van der Waals surface area contributed by atoms with Gasteiger partial charge in [-0.3, -0.25) is 9.59 Å². The summed E-state index contributed by atoms with van der Waals surface area (Å²) in [7, 11) is 0. The van der Waals surface area contributed by atoms with Crippen molar-refractivity contribution < 1.29 is 19.4 Å². The number of hydrogen-bond donors (Lipinski definition) is 2. The summed E-state index contributed by atoms with van der Waals surface area (Å²) in [6.07, 6.45) is 0. The Morgan fingerprint density at radius 1 is 0.871 bits per heavy atom. The van der Waals surface area contributed by atoms with Crippen LogP contribution in [0.15, 0.2) is 78.9 Å². The second-order valence-electron chi connectivity index (χ2n) is 8.45. The third-order valence-electron chi connectivity index (χ3n) is 4.99. The van der Waals surface area contributed by atoms with Crippen molar-refractivity contribution in [1.29, 1.82) is 0 Å². The molecule has 0 aliphatic rings. The van der Waals surface area contributed by atoms with Gasteiger partial charge in [-0.05, 0) is 40.3 Å². The van der Waals surface area contributed by atoms with E-state index in [0.717, 1.165) is 11.1 Å². The van der Waals surface area contributed by atoms with Crippen molar-refractivity contribution in [2.24, 2.45) is 5.41 Å². The zero-order valence-electron chi connectivity index (χ0n) is 18.0. The zero-order valence-corrected chi connectivity index (χ0v) is 18.0. The SMILES string of the molecule is CC(C)(C)C(C(=O)O)c1ccccc1NC(=O)COc1ccc(-c2ccccc2)cc1. The Hall–Kier alpha value is -3.60. The van der Waals surface area contributed by atoms with E-state index in [2.05, 4.69) is 5.32 Å². The summed E-state index contributed by atoms with van der Waals surface area (Å²) in [5, 5.41) is 12.5.